The molecule has 2 aromatic rings. The molecule has 0 aliphatic heterocycles. The Labute approximate surface area is 160 Å². The topological polar surface area (TPSA) is 72.9 Å². The molecule has 0 spiro atoms. The predicted octanol–water partition coefficient (Wildman–Crippen LogP) is 3.34. The molecule has 2 rings (SSSR count). The van der Waals surface area contributed by atoms with E-state index in [1.54, 1.807) is 56.3 Å². The van der Waals surface area contributed by atoms with Gasteiger partial charge in [0, 0.05) is 19.2 Å². The smallest absolute Gasteiger partial charge is 0.336 e. The molecule has 144 valence electrons. The van der Waals surface area contributed by atoms with Crippen LogP contribution in [0.15, 0.2) is 59.5 Å². The third-order valence-electron chi connectivity index (χ3n) is 3.91. The molecule has 2 aromatic carbocycles. The Hall–Kier alpha value is -2.64. The van der Waals surface area contributed by atoms with Crippen LogP contribution in [0.4, 0.5) is 0 Å². The van der Waals surface area contributed by atoms with Crippen LogP contribution in [0.5, 0.6) is 11.5 Å². The zero-order chi connectivity index (χ0) is 19.9. The molecule has 0 unspecified atom stereocenters. The van der Waals surface area contributed by atoms with Crippen molar-refractivity contribution in [2.24, 2.45) is 0 Å². The minimum atomic E-state index is -3.49. The fourth-order valence-electron chi connectivity index (χ4n) is 2.47. The van der Waals surface area contributed by atoms with Gasteiger partial charge in [0.25, 0.3) is 0 Å². The minimum absolute atomic E-state index is 0.222. The van der Waals surface area contributed by atoms with Gasteiger partial charge < -0.3 is 9.47 Å². The molecule has 0 aromatic heterocycles. The van der Waals surface area contributed by atoms with E-state index in [2.05, 4.69) is 0 Å². The maximum absolute atomic E-state index is 12.5. The molecular formula is C20H23NO5S. The molecule has 0 fully saturated rings. The third-order valence-corrected chi connectivity index (χ3v) is 5.98. The minimum Gasteiger partial charge on any atom is -0.493 e. The Morgan fingerprint density at radius 3 is 2.15 bits per heavy atom. The van der Waals surface area contributed by atoms with Crippen molar-refractivity contribution < 1.29 is 22.7 Å². The van der Waals surface area contributed by atoms with Crippen molar-refractivity contribution >= 4 is 22.1 Å². The molecule has 0 N–H and O–H groups in total. The van der Waals surface area contributed by atoms with Gasteiger partial charge in [-0.1, -0.05) is 38.1 Å². The fourth-order valence-corrected chi connectivity index (χ4v) is 3.93. The van der Waals surface area contributed by atoms with Gasteiger partial charge in [0.05, 0.1) is 12.0 Å². The van der Waals surface area contributed by atoms with Crippen LogP contribution in [-0.2, 0) is 14.8 Å². The number of nitrogens with zero attached hydrogens (tertiary/aromatic N) is 1. The molecule has 27 heavy (non-hydrogen) atoms. The summed E-state index contributed by atoms with van der Waals surface area (Å²) in [6, 6.07) is 13.2. The highest BCUT2D eigenvalue weighted by Crippen LogP contribution is 2.26. The lowest BCUT2D eigenvalue weighted by Crippen LogP contribution is -2.30. The summed E-state index contributed by atoms with van der Waals surface area (Å²) in [6.45, 7) is 4.42. The largest absolute Gasteiger partial charge is 0.493 e. The summed E-state index contributed by atoms with van der Waals surface area (Å²) >= 11 is 0. The monoisotopic (exact) mass is 389 g/mol. The van der Waals surface area contributed by atoms with Crippen LogP contribution in [-0.4, -0.2) is 38.9 Å². The fraction of sp³-hybridized carbons (Fsp3) is 0.250. The Morgan fingerprint density at radius 1 is 1.00 bits per heavy atom. The Bertz CT molecular complexity index is 900. The average Bonchev–Trinajstić information content (AvgIpc) is 2.68. The molecule has 0 aliphatic rings. The van der Waals surface area contributed by atoms with E-state index in [-0.39, 0.29) is 4.90 Å². The van der Waals surface area contributed by atoms with Gasteiger partial charge in [-0.25, -0.2) is 13.2 Å². The van der Waals surface area contributed by atoms with E-state index >= 15 is 0 Å². The number of carbonyl (C=O) groups is 1. The molecule has 0 heterocycles. The highest BCUT2D eigenvalue weighted by molar-refractivity contribution is 7.89. The summed E-state index contributed by atoms with van der Waals surface area (Å²) < 4.78 is 36.7. The van der Waals surface area contributed by atoms with E-state index in [0.717, 1.165) is 0 Å². The first kappa shape index (κ1) is 20.7. The zero-order valence-electron chi connectivity index (χ0n) is 15.6. The van der Waals surface area contributed by atoms with E-state index in [4.69, 9.17) is 9.47 Å². The molecule has 0 amide bonds. The SMILES string of the molecule is CCN(CC)S(=O)(=O)c1ccc(/C=C/C(=O)Oc2ccccc2OC)cc1. The Morgan fingerprint density at radius 2 is 1.59 bits per heavy atom. The number of hydrogen-bond donors (Lipinski definition) is 0. The first-order valence-corrected chi connectivity index (χ1v) is 9.99. The summed E-state index contributed by atoms with van der Waals surface area (Å²) in [5, 5.41) is 0. The summed E-state index contributed by atoms with van der Waals surface area (Å²) in [6.07, 6.45) is 2.84. The number of methoxy groups -OCH3 is 1. The van der Waals surface area contributed by atoms with E-state index in [1.807, 2.05) is 0 Å². The second kappa shape index (κ2) is 9.34. The van der Waals surface area contributed by atoms with E-state index in [9.17, 15) is 13.2 Å². The van der Waals surface area contributed by atoms with E-state index < -0.39 is 16.0 Å². The maximum atomic E-state index is 12.5. The molecule has 0 saturated heterocycles. The highest BCUT2D eigenvalue weighted by Gasteiger charge is 2.20. The van der Waals surface area contributed by atoms with Crippen LogP contribution in [0.25, 0.3) is 6.08 Å². The van der Waals surface area contributed by atoms with Gasteiger partial charge in [0.15, 0.2) is 11.5 Å². The quantitative estimate of drug-likeness (QED) is 0.393. The van der Waals surface area contributed by atoms with Crippen LogP contribution in [0, 0.1) is 0 Å². The lowest BCUT2D eigenvalue weighted by molar-refractivity contribution is -0.129. The van der Waals surface area contributed by atoms with Crippen LogP contribution >= 0.6 is 0 Å². The molecule has 7 heteroatoms. The summed E-state index contributed by atoms with van der Waals surface area (Å²) in [5.74, 6) is 0.236. The number of ether oxygens (including phenoxy) is 2. The van der Waals surface area contributed by atoms with Crippen LogP contribution < -0.4 is 9.47 Å². The first-order valence-electron chi connectivity index (χ1n) is 8.55. The number of sulfonamides is 1. The average molecular weight is 389 g/mol. The Balaban J connectivity index is 2.08. The molecule has 0 radical (unpaired) electrons. The second-order valence-corrected chi connectivity index (χ2v) is 7.50. The number of benzene rings is 2. The van der Waals surface area contributed by atoms with Gasteiger partial charge in [-0.05, 0) is 35.9 Å². The molecule has 0 saturated carbocycles. The van der Waals surface area contributed by atoms with Gasteiger partial charge in [-0.2, -0.15) is 4.31 Å². The van der Waals surface area contributed by atoms with Crippen LogP contribution in [0.3, 0.4) is 0 Å². The predicted molar refractivity (Wildman–Crippen MR) is 104 cm³/mol. The van der Waals surface area contributed by atoms with Crippen molar-refractivity contribution in [1.82, 2.24) is 4.31 Å². The number of carbonyl (C=O) groups excluding carboxylic acids is 1. The van der Waals surface area contributed by atoms with Gasteiger partial charge in [0.1, 0.15) is 0 Å². The summed E-state index contributed by atoms with van der Waals surface area (Å²) in [7, 11) is -2.00. The summed E-state index contributed by atoms with van der Waals surface area (Å²) in [4.78, 5) is 12.2. The van der Waals surface area contributed by atoms with E-state index in [1.165, 1.54) is 29.6 Å². The number of para-hydroxylation sites is 2. The van der Waals surface area contributed by atoms with Crippen LogP contribution in [0.2, 0.25) is 0 Å². The van der Waals surface area contributed by atoms with Crippen molar-refractivity contribution in [3.05, 3.63) is 60.2 Å². The second-order valence-electron chi connectivity index (χ2n) is 5.56. The maximum Gasteiger partial charge on any atom is 0.336 e. The normalized spacial score (nSPS) is 11.7. The first-order chi connectivity index (χ1) is 12.9. The lowest BCUT2D eigenvalue weighted by Gasteiger charge is -2.18. The number of esters is 1. The van der Waals surface area contributed by atoms with Gasteiger partial charge in [-0.15, -0.1) is 0 Å². The highest BCUT2D eigenvalue weighted by atomic mass is 32.2. The molecule has 6 nitrogen and oxygen atoms in total. The van der Waals surface area contributed by atoms with Crippen molar-refractivity contribution in [2.75, 3.05) is 20.2 Å². The third kappa shape index (κ3) is 5.18. The zero-order valence-corrected chi connectivity index (χ0v) is 16.4. The van der Waals surface area contributed by atoms with Gasteiger partial charge in [0.2, 0.25) is 10.0 Å². The Kier molecular flexibility index (Phi) is 7.15. The van der Waals surface area contributed by atoms with Crippen molar-refractivity contribution in [3.63, 3.8) is 0 Å². The molecule has 0 atom stereocenters. The number of rotatable bonds is 8. The molecule has 0 bridgehead atoms. The van der Waals surface area contributed by atoms with Crippen molar-refractivity contribution in [2.45, 2.75) is 18.7 Å². The van der Waals surface area contributed by atoms with Gasteiger partial charge in [-0.3, -0.25) is 0 Å². The van der Waals surface area contributed by atoms with E-state index in [0.29, 0.717) is 30.2 Å². The summed E-state index contributed by atoms with van der Waals surface area (Å²) in [5.41, 5.74) is 0.686. The standard InChI is InChI=1S/C20H23NO5S/c1-4-21(5-2)27(23,24)17-13-10-16(11-14-17)12-15-20(22)26-19-9-7-6-8-18(19)25-3/h6-15H,4-5H2,1-3H3/b15-12+. The number of hydrogen-bond acceptors (Lipinski definition) is 5. The lowest BCUT2D eigenvalue weighted by atomic mass is 10.2. The van der Waals surface area contributed by atoms with Gasteiger partial charge >= 0.3 is 5.97 Å². The van der Waals surface area contributed by atoms with Crippen molar-refractivity contribution in [3.8, 4) is 11.5 Å². The molecular weight excluding hydrogens is 366 g/mol. The van der Waals surface area contributed by atoms with Crippen molar-refractivity contribution in [1.29, 1.82) is 0 Å². The molecule has 0 aliphatic carbocycles. The van der Waals surface area contributed by atoms with Crippen LogP contribution in [0.1, 0.15) is 19.4 Å².